The lowest BCUT2D eigenvalue weighted by Gasteiger charge is -2.27. The van der Waals surface area contributed by atoms with Crippen molar-refractivity contribution in [2.24, 2.45) is 0 Å². The number of nitrogens with one attached hydrogen (secondary N) is 1. The van der Waals surface area contributed by atoms with Crippen molar-refractivity contribution >= 4 is 17.3 Å². The average molecular weight is 280 g/mol. The molecule has 18 heavy (non-hydrogen) atoms. The van der Waals surface area contributed by atoms with Gasteiger partial charge in [-0.05, 0) is 39.0 Å². The van der Waals surface area contributed by atoms with Crippen molar-refractivity contribution in [2.75, 3.05) is 5.32 Å². The number of rotatable bonds is 5. The summed E-state index contributed by atoms with van der Waals surface area (Å²) in [7, 11) is 0. The zero-order valence-corrected chi connectivity index (χ0v) is 11.1. The molecule has 1 aromatic carbocycles. The van der Waals surface area contributed by atoms with Crippen molar-refractivity contribution < 1.29 is 18.6 Å². The van der Waals surface area contributed by atoms with Gasteiger partial charge in [-0.2, -0.15) is 8.78 Å². The largest absolute Gasteiger partial charge is 0.433 e. The van der Waals surface area contributed by atoms with Crippen molar-refractivity contribution in [2.45, 2.75) is 39.0 Å². The summed E-state index contributed by atoms with van der Waals surface area (Å²) in [5.41, 5.74) is -0.291. The first-order valence-electron chi connectivity index (χ1n) is 5.43. The van der Waals surface area contributed by atoms with E-state index in [-0.39, 0.29) is 16.8 Å². The van der Waals surface area contributed by atoms with Gasteiger partial charge in [0.05, 0.1) is 16.7 Å². The van der Waals surface area contributed by atoms with Gasteiger partial charge in [-0.1, -0.05) is 11.6 Å². The van der Waals surface area contributed by atoms with E-state index in [0.717, 1.165) is 0 Å². The smallest absolute Gasteiger partial charge is 0.387 e. The van der Waals surface area contributed by atoms with E-state index < -0.39 is 12.2 Å². The lowest BCUT2D eigenvalue weighted by molar-refractivity contribution is -0.0497. The van der Waals surface area contributed by atoms with Gasteiger partial charge in [-0.3, -0.25) is 0 Å². The molecule has 1 unspecified atom stereocenters. The molecule has 2 N–H and O–H groups in total. The highest BCUT2D eigenvalue weighted by molar-refractivity contribution is 6.32. The topological polar surface area (TPSA) is 41.5 Å². The number of alkyl halides is 2. The predicted octanol–water partition coefficient (Wildman–Crippen LogP) is 3.51. The molecule has 0 radical (unpaired) electrons. The van der Waals surface area contributed by atoms with Crippen LogP contribution in [0.4, 0.5) is 14.5 Å². The third kappa shape index (κ3) is 4.31. The summed E-state index contributed by atoms with van der Waals surface area (Å²) in [6, 6.07) is 4.16. The minimum Gasteiger partial charge on any atom is -0.433 e. The van der Waals surface area contributed by atoms with Gasteiger partial charge in [-0.25, -0.2) is 0 Å². The van der Waals surface area contributed by atoms with Crippen LogP contribution in [0.15, 0.2) is 18.2 Å². The highest BCUT2D eigenvalue weighted by atomic mass is 35.5. The number of hydrogen-bond donors (Lipinski definition) is 2. The van der Waals surface area contributed by atoms with Crippen LogP contribution in [0.2, 0.25) is 5.02 Å². The zero-order valence-electron chi connectivity index (χ0n) is 10.4. The van der Waals surface area contributed by atoms with Crippen LogP contribution in [0.1, 0.15) is 20.8 Å². The number of aliphatic hydroxyl groups is 1. The molecule has 0 amide bonds. The predicted molar refractivity (Wildman–Crippen MR) is 67.5 cm³/mol. The fourth-order valence-corrected chi connectivity index (χ4v) is 1.43. The van der Waals surface area contributed by atoms with Gasteiger partial charge in [0.1, 0.15) is 5.75 Å². The molecular formula is C12H16ClF2NO2. The van der Waals surface area contributed by atoms with Crippen LogP contribution in [0.3, 0.4) is 0 Å². The van der Waals surface area contributed by atoms with E-state index in [1.165, 1.54) is 12.1 Å². The molecule has 0 heterocycles. The first-order valence-corrected chi connectivity index (χ1v) is 5.81. The van der Waals surface area contributed by atoms with Gasteiger partial charge in [0.25, 0.3) is 0 Å². The molecule has 1 rings (SSSR count). The number of hydrogen-bond acceptors (Lipinski definition) is 3. The Bertz CT molecular complexity index is 408. The third-order valence-corrected chi connectivity index (χ3v) is 2.89. The van der Waals surface area contributed by atoms with E-state index in [4.69, 9.17) is 11.6 Å². The maximum Gasteiger partial charge on any atom is 0.387 e. The standard InChI is InChI=1S/C12H16ClF2NO2/c1-7(12(2,3)17)16-8-4-5-10(9(13)6-8)18-11(14)15/h4-7,11,16-17H,1-3H3. The maximum atomic E-state index is 12.0. The molecule has 1 atom stereocenters. The second kappa shape index (κ2) is 5.71. The second-order valence-electron chi connectivity index (χ2n) is 4.54. The van der Waals surface area contributed by atoms with Crippen LogP contribution < -0.4 is 10.1 Å². The van der Waals surface area contributed by atoms with Gasteiger partial charge in [0.15, 0.2) is 0 Å². The minimum absolute atomic E-state index is 0.0758. The quantitative estimate of drug-likeness (QED) is 0.867. The van der Waals surface area contributed by atoms with Gasteiger partial charge in [0, 0.05) is 5.69 Å². The molecule has 6 heteroatoms. The van der Waals surface area contributed by atoms with Crippen molar-refractivity contribution in [3.05, 3.63) is 23.2 Å². The summed E-state index contributed by atoms with van der Waals surface area (Å²) >= 11 is 5.81. The third-order valence-electron chi connectivity index (χ3n) is 2.59. The number of ether oxygens (including phenoxy) is 1. The summed E-state index contributed by atoms with van der Waals surface area (Å²) in [5, 5.41) is 12.9. The molecule has 0 saturated carbocycles. The molecule has 0 saturated heterocycles. The van der Waals surface area contributed by atoms with Crippen molar-refractivity contribution in [1.82, 2.24) is 0 Å². The zero-order chi connectivity index (χ0) is 13.9. The Morgan fingerprint density at radius 1 is 1.39 bits per heavy atom. The lowest BCUT2D eigenvalue weighted by atomic mass is 10.0. The summed E-state index contributed by atoms with van der Waals surface area (Å²) in [6.07, 6.45) is 0. The highest BCUT2D eigenvalue weighted by Gasteiger charge is 2.22. The first kappa shape index (κ1) is 15.0. The van der Waals surface area contributed by atoms with Crippen LogP contribution in [-0.4, -0.2) is 23.4 Å². The van der Waals surface area contributed by atoms with Crippen molar-refractivity contribution in [1.29, 1.82) is 0 Å². The Morgan fingerprint density at radius 3 is 2.44 bits per heavy atom. The molecule has 0 aliphatic rings. The molecule has 0 spiro atoms. The Labute approximate surface area is 110 Å². The first-order chi connectivity index (χ1) is 8.20. The molecule has 0 bridgehead atoms. The SMILES string of the molecule is CC(Nc1ccc(OC(F)F)c(Cl)c1)C(C)(C)O. The number of halogens is 3. The molecule has 0 aromatic heterocycles. The Kier molecular flexibility index (Phi) is 4.76. The summed E-state index contributed by atoms with van der Waals surface area (Å²) < 4.78 is 28.3. The molecule has 0 fully saturated rings. The van der Waals surface area contributed by atoms with E-state index in [1.807, 2.05) is 0 Å². The second-order valence-corrected chi connectivity index (χ2v) is 4.95. The van der Waals surface area contributed by atoms with Crippen LogP contribution in [0, 0.1) is 0 Å². The average Bonchev–Trinajstić information content (AvgIpc) is 2.20. The molecule has 1 aromatic rings. The van der Waals surface area contributed by atoms with Crippen molar-refractivity contribution in [3.63, 3.8) is 0 Å². The molecule has 102 valence electrons. The monoisotopic (exact) mass is 279 g/mol. The molecule has 0 aliphatic heterocycles. The van der Waals surface area contributed by atoms with Crippen molar-refractivity contribution in [3.8, 4) is 5.75 Å². The van der Waals surface area contributed by atoms with E-state index in [2.05, 4.69) is 10.1 Å². The van der Waals surface area contributed by atoms with Crippen LogP contribution in [0.25, 0.3) is 0 Å². The van der Waals surface area contributed by atoms with Crippen LogP contribution in [-0.2, 0) is 0 Å². The number of benzene rings is 1. The minimum atomic E-state index is -2.91. The molecule has 3 nitrogen and oxygen atoms in total. The molecule has 0 aliphatic carbocycles. The lowest BCUT2D eigenvalue weighted by Crippen LogP contribution is -2.39. The summed E-state index contributed by atoms with van der Waals surface area (Å²) in [6.45, 7) is 2.23. The summed E-state index contributed by atoms with van der Waals surface area (Å²) in [5.74, 6) is -0.0758. The van der Waals surface area contributed by atoms with Gasteiger partial charge < -0.3 is 15.2 Å². The van der Waals surface area contributed by atoms with E-state index in [9.17, 15) is 13.9 Å². The highest BCUT2D eigenvalue weighted by Crippen LogP contribution is 2.29. The van der Waals surface area contributed by atoms with Gasteiger partial charge in [-0.15, -0.1) is 0 Å². The summed E-state index contributed by atoms with van der Waals surface area (Å²) in [4.78, 5) is 0. The fourth-order valence-electron chi connectivity index (χ4n) is 1.21. The van der Waals surface area contributed by atoms with E-state index in [1.54, 1.807) is 26.8 Å². The van der Waals surface area contributed by atoms with E-state index in [0.29, 0.717) is 5.69 Å². The van der Waals surface area contributed by atoms with Gasteiger partial charge in [0.2, 0.25) is 0 Å². The Balaban J connectivity index is 2.79. The molecular weight excluding hydrogens is 264 g/mol. The maximum absolute atomic E-state index is 12.0. The number of anilines is 1. The normalized spacial score (nSPS) is 13.6. The van der Waals surface area contributed by atoms with Crippen LogP contribution >= 0.6 is 11.6 Å². The van der Waals surface area contributed by atoms with E-state index >= 15 is 0 Å². The Hall–Kier alpha value is -1.07. The van der Waals surface area contributed by atoms with Crippen LogP contribution in [0.5, 0.6) is 5.75 Å². The fraction of sp³-hybridized carbons (Fsp3) is 0.500. The van der Waals surface area contributed by atoms with Gasteiger partial charge >= 0.3 is 6.61 Å². The Morgan fingerprint density at radius 2 is 2.00 bits per heavy atom.